The maximum atomic E-state index is 6.43. The van der Waals surface area contributed by atoms with Gasteiger partial charge in [-0.15, -0.1) is 0 Å². The minimum atomic E-state index is 0.794. The predicted octanol–water partition coefficient (Wildman–Crippen LogP) is 20.8. The Morgan fingerprint density at radius 3 is 1.44 bits per heavy atom. The summed E-state index contributed by atoms with van der Waals surface area (Å²) in [6.45, 7) is 0. The summed E-state index contributed by atoms with van der Waals surface area (Å²) in [6.07, 6.45) is 1.79. The van der Waals surface area contributed by atoms with Crippen LogP contribution in [0.15, 0.2) is 261 Å². The van der Waals surface area contributed by atoms with Crippen molar-refractivity contribution in [3.8, 4) is 112 Å². The summed E-state index contributed by atoms with van der Waals surface area (Å²) in [5.74, 6) is 5.44. The minimum Gasteiger partial charge on any atom is -0.456 e. The van der Waals surface area contributed by atoms with E-state index in [4.69, 9.17) is 25.8 Å². The number of rotatable bonds is 2. The molecule has 79 heavy (non-hydrogen) atoms. The van der Waals surface area contributed by atoms with Crippen LogP contribution >= 0.6 is 11.6 Å². The molecule has 0 spiro atoms. The van der Waals surface area contributed by atoms with Crippen molar-refractivity contribution in [2.24, 2.45) is 0 Å². The molecule has 13 aromatic rings. The van der Waals surface area contributed by atoms with Gasteiger partial charge < -0.3 is 19.2 Å². The summed E-state index contributed by atoms with van der Waals surface area (Å²) in [6, 6.07) is 90.8. The Hall–Kier alpha value is -9.87. The monoisotopic (exact) mass is 1030 g/mol. The molecule has 1 aliphatic carbocycles. The Labute approximate surface area is 463 Å². The van der Waals surface area contributed by atoms with Gasteiger partial charge in [-0.3, -0.25) is 0 Å². The molecule has 0 fully saturated rings. The first-order chi connectivity index (χ1) is 39.1. The van der Waals surface area contributed by atoms with Crippen LogP contribution in [0.25, 0.3) is 99.7 Å². The second-order valence-electron chi connectivity index (χ2n) is 20.4. The largest absolute Gasteiger partial charge is 0.456 e. The zero-order valence-electron chi connectivity index (χ0n) is 42.8. The van der Waals surface area contributed by atoms with Crippen molar-refractivity contribution >= 4 is 33.4 Å². The summed E-state index contributed by atoms with van der Waals surface area (Å²) >= 11 is 6.36. The van der Waals surface area contributed by atoms with Crippen LogP contribution in [0.2, 0.25) is 5.02 Å². The smallest absolute Gasteiger partial charge is 0.136 e. The molecule has 4 nitrogen and oxygen atoms in total. The highest BCUT2D eigenvalue weighted by atomic mass is 35.5. The molecule has 5 heteroatoms. The van der Waals surface area contributed by atoms with Gasteiger partial charge in [0.1, 0.15) is 34.5 Å². The molecule has 1 aromatic heterocycles. The number of aromatic amines is 1. The molecular weight excluding hydrogens is 986 g/mol. The van der Waals surface area contributed by atoms with Gasteiger partial charge in [-0.05, 0) is 146 Å². The van der Waals surface area contributed by atoms with E-state index >= 15 is 0 Å². The van der Waals surface area contributed by atoms with Gasteiger partial charge in [0.05, 0.1) is 0 Å². The van der Waals surface area contributed by atoms with Crippen molar-refractivity contribution in [1.29, 1.82) is 0 Å². The van der Waals surface area contributed by atoms with E-state index in [1.165, 1.54) is 77.5 Å². The lowest BCUT2D eigenvalue weighted by Crippen LogP contribution is -1.92. The van der Waals surface area contributed by atoms with E-state index in [0.717, 1.165) is 96.8 Å². The van der Waals surface area contributed by atoms with E-state index in [-0.39, 0.29) is 0 Å². The summed E-state index contributed by atoms with van der Waals surface area (Å²) in [7, 11) is 0. The van der Waals surface area contributed by atoms with Gasteiger partial charge in [-0.1, -0.05) is 206 Å². The van der Waals surface area contributed by atoms with E-state index in [1.807, 2.05) is 48.5 Å². The van der Waals surface area contributed by atoms with E-state index in [1.54, 1.807) is 0 Å². The van der Waals surface area contributed by atoms with Gasteiger partial charge in [-0.2, -0.15) is 0 Å². The average molecular weight is 1030 g/mol. The molecule has 4 heterocycles. The summed E-state index contributed by atoms with van der Waals surface area (Å²) in [5.41, 5.74) is 24.2. The van der Waals surface area contributed by atoms with Crippen LogP contribution in [0, 0.1) is 0 Å². The SMILES string of the molecule is Clc1ccccc1Cc1ccc2c(c1)-c1ccccc1-c1ccccc1O2.c1ccc2c(c1)Cc1cc3c(cc1-2)Oc1ccccc1-c1ccccc1-3.c1ccc2c(c1)Oc1ccc3[nH]c4ccccc4c3c1-c1ccccc1-2. The molecule has 0 amide bonds. The number of halogens is 1. The number of fused-ring (bicyclic) bond motifs is 22. The molecule has 0 unspecified atom stereocenters. The first kappa shape index (κ1) is 46.4. The molecule has 4 aliphatic rings. The second kappa shape index (κ2) is 19.3. The summed E-state index contributed by atoms with van der Waals surface area (Å²) in [4.78, 5) is 3.54. The number of aromatic nitrogens is 1. The fraction of sp³-hybridized carbons (Fsp3) is 0.0270. The zero-order valence-corrected chi connectivity index (χ0v) is 43.6. The maximum Gasteiger partial charge on any atom is 0.136 e. The number of para-hydroxylation sites is 4. The highest BCUT2D eigenvalue weighted by molar-refractivity contribution is 6.31. The van der Waals surface area contributed by atoms with E-state index in [2.05, 4.69) is 217 Å². The van der Waals surface area contributed by atoms with Crippen molar-refractivity contribution < 1.29 is 14.2 Å². The normalized spacial score (nSPS) is 12.2. The zero-order chi connectivity index (χ0) is 52.4. The summed E-state index contributed by atoms with van der Waals surface area (Å²) in [5, 5.41) is 3.25. The molecule has 17 rings (SSSR count). The van der Waals surface area contributed by atoms with Crippen LogP contribution in [0.3, 0.4) is 0 Å². The molecule has 0 radical (unpaired) electrons. The molecular formula is C74H48ClNO3. The van der Waals surface area contributed by atoms with Crippen molar-refractivity contribution in [3.05, 3.63) is 288 Å². The quantitative estimate of drug-likeness (QED) is 0.188. The first-order valence-corrected chi connectivity index (χ1v) is 27.2. The fourth-order valence-corrected chi connectivity index (χ4v) is 12.3. The molecule has 374 valence electrons. The standard InChI is InChI=1S/C25H17ClO.C25H16O.C24H15NO/c26-23-11-5-1-7-18(23)15-17-13-14-25-22(16-17)20-9-3-2-8-19(20)21-10-4-6-12-24(21)27-25;1-2-8-18-16(7-1)13-17-14-23-20-10-4-3-9-19(20)21-11-5-6-12-24(21)26-25(23)15-22(17)18;1-2-9-17-15(7-1)16-8-4-6-12-21(16)26-22-14-13-20-23(24(17)22)18-10-3-5-11-19(18)25-20/h1-14,16H,15H2;1-12,14-15H,13H2;1-14,25H. The van der Waals surface area contributed by atoms with Crippen molar-refractivity contribution in [2.45, 2.75) is 12.8 Å². The Morgan fingerprint density at radius 1 is 0.316 bits per heavy atom. The molecule has 1 N–H and O–H groups in total. The van der Waals surface area contributed by atoms with E-state index < -0.39 is 0 Å². The number of nitrogens with one attached hydrogen (secondary N) is 1. The highest BCUT2D eigenvalue weighted by Gasteiger charge is 2.27. The Morgan fingerprint density at radius 2 is 0.785 bits per heavy atom. The lowest BCUT2D eigenvalue weighted by Gasteiger charge is -2.12. The van der Waals surface area contributed by atoms with Crippen LogP contribution in [0.1, 0.15) is 22.3 Å². The van der Waals surface area contributed by atoms with E-state index in [0.29, 0.717) is 0 Å². The summed E-state index contributed by atoms with van der Waals surface area (Å²) < 4.78 is 19.1. The number of hydrogen-bond acceptors (Lipinski definition) is 3. The average Bonchev–Trinajstić information content (AvgIpc) is 4.16. The lowest BCUT2D eigenvalue weighted by atomic mass is 9.92. The van der Waals surface area contributed by atoms with Crippen LogP contribution in [-0.2, 0) is 12.8 Å². The van der Waals surface area contributed by atoms with Crippen molar-refractivity contribution in [2.75, 3.05) is 0 Å². The van der Waals surface area contributed by atoms with Crippen LogP contribution in [0.4, 0.5) is 0 Å². The highest BCUT2D eigenvalue weighted by Crippen LogP contribution is 2.53. The molecule has 12 aromatic carbocycles. The van der Waals surface area contributed by atoms with Gasteiger partial charge in [0.25, 0.3) is 0 Å². The van der Waals surface area contributed by atoms with Crippen molar-refractivity contribution in [3.63, 3.8) is 0 Å². The van der Waals surface area contributed by atoms with E-state index in [9.17, 15) is 0 Å². The van der Waals surface area contributed by atoms with Gasteiger partial charge in [-0.25, -0.2) is 0 Å². The third-order valence-electron chi connectivity index (χ3n) is 15.7. The predicted molar refractivity (Wildman–Crippen MR) is 324 cm³/mol. The molecule has 0 bridgehead atoms. The van der Waals surface area contributed by atoms with Gasteiger partial charge in [0.2, 0.25) is 0 Å². The van der Waals surface area contributed by atoms with Gasteiger partial charge >= 0.3 is 0 Å². The fourth-order valence-electron chi connectivity index (χ4n) is 12.1. The Kier molecular flexibility index (Phi) is 11.3. The third-order valence-corrected chi connectivity index (χ3v) is 16.1. The maximum absolute atomic E-state index is 6.43. The number of H-pyrrole nitrogens is 1. The topological polar surface area (TPSA) is 43.5 Å². The second-order valence-corrected chi connectivity index (χ2v) is 20.8. The molecule has 3 aliphatic heterocycles. The Balaban J connectivity index is 0.000000103. The molecule has 0 saturated carbocycles. The molecule has 0 atom stereocenters. The van der Waals surface area contributed by atoms with Crippen LogP contribution in [-0.4, -0.2) is 4.98 Å². The number of hydrogen-bond donors (Lipinski definition) is 1. The number of benzene rings is 12. The van der Waals surface area contributed by atoms with Gasteiger partial charge in [0, 0.05) is 60.2 Å². The van der Waals surface area contributed by atoms with Crippen LogP contribution < -0.4 is 14.2 Å². The molecule has 0 saturated heterocycles. The third kappa shape index (κ3) is 8.16. The minimum absolute atomic E-state index is 0.794. The lowest BCUT2D eigenvalue weighted by molar-refractivity contribution is 0.487. The van der Waals surface area contributed by atoms with Crippen LogP contribution in [0.5, 0.6) is 34.5 Å². The van der Waals surface area contributed by atoms with Crippen molar-refractivity contribution in [1.82, 2.24) is 4.98 Å². The first-order valence-electron chi connectivity index (χ1n) is 26.8. The number of ether oxygens (including phenoxy) is 3. The van der Waals surface area contributed by atoms with Gasteiger partial charge in [0.15, 0.2) is 0 Å². The Bertz CT molecular complexity index is 4570.